The molecule has 1 aliphatic rings. The third-order valence-corrected chi connectivity index (χ3v) is 4.45. The van der Waals surface area contributed by atoms with Gasteiger partial charge in [0.1, 0.15) is 5.82 Å². The van der Waals surface area contributed by atoms with Gasteiger partial charge < -0.3 is 10.2 Å². The van der Waals surface area contributed by atoms with Crippen molar-refractivity contribution in [1.29, 1.82) is 0 Å². The Morgan fingerprint density at radius 1 is 1.45 bits per heavy atom. The molecule has 20 heavy (non-hydrogen) atoms. The van der Waals surface area contributed by atoms with E-state index in [0.29, 0.717) is 12.1 Å². The first kappa shape index (κ1) is 15.8. The summed E-state index contributed by atoms with van der Waals surface area (Å²) in [7, 11) is 0. The monoisotopic (exact) mass is 339 g/mol. The third-order valence-electron chi connectivity index (χ3n) is 4.02. The van der Waals surface area contributed by atoms with Gasteiger partial charge in [-0.15, -0.1) is 0 Å². The molecule has 1 aliphatic heterocycles. The first-order valence-electron chi connectivity index (χ1n) is 7.61. The van der Waals surface area contributed by atoms with Gasteiger partial charge in [0.25, 0.3) is 0 Å². The molecule has 1 saturated heterocycles. The SMILES string of the molecule is CC1CCN(c2ncc(Br)cc2CNC(C)C)C(C)C1. The second-order valence-corrected chi connectivity index (χ2v) is 7.26. The molecular formula is C16H26BrN3. The number of halogens is 1. The van der Waals surface area contributed by atoms with E-state index in [4.69, 9.17) is 4.98 Å². The van der Waals surface area contributed by atoms with E-state index in [1.165, 1.54) is 18.4 Å². The molecule has 1 aromatic rings. The molecule has 1 aromatic heterocycles. The molecule has 3 nitrogen and oxygen atoms in total. The topological polar surface area (TPSA) is 28.2 Å². The summed E-state index contributed by atoms with van der Waals surface area (Å²) in [5.74, 6) is 1.98. The van der Waals surface area contributed by atoms with Gasteiger partial charge in [-0.1, -0.05) is 20.8 Å². The van der Waals surface area contributed by atoms with Crippen LogP contribution in [0.25, 0.3) is 0 Å². The summed E-state index contributed by atoms with van der Waals surface area (Å²) in [5.41, 5.74) is 1.29. The second kappa shape index (κ2) is 6.90. The number of rotatable bonds is 4. The third kappa shape index (κ3) is 3.95. The van der Waals surface area contributed by atoms with Crippen molar-refractivity contribution in [3.63, 3.8) is 0 Å². The van der Waals surface area contributed by atoms with Crippen LogP contribution in [0.4, 0.5) is 5.82 Å². The van der Waals surface area contributed by atoms with Crippen LogP contribution in [0, 0.1) is 5.92 Å². The van der Waals surface area contributed by atoms with Crippen LogP contribution in [0.1, 0.15) is 46.1 Å². The Labute approximate surface area is 131 Å². The van der Waals surface area contributed by atoms with Crippen LogP contribution < -0.4 is 10.2 Å². The highest BCUT2D eigenvalue weighted by atomic mass is 79.9. The number of anilines is 1. The maximum atomic E-state index is 4.69. The predicted molar refractivity (Wildman–Crippen MR) is 89.1 cm³/mol. The van der Waals surface area contributed by atoms with Gasteiger partial charge in [0.05, 0.1) is 0 Å². The molecule has 4 heteroatoms. The minimum atomic E-state index is 0.487. The summed E-state index contributed by atoms with van der Waals surface area (Å²) in [6, 6.07) is 3.26. The summed E-state index contributed by atoms with van der Waals surface area (Å²) in [5, 5.41) is 3.50. The van der Waals surface area contributed by atoms with Crippen LogP contribution in [0.2, 0.25) is 0 Å². The molecular weight excluding hydrogens is 314 g/mol. The average molecular weight is 340 g/mol. The van der Waals surface area contributed by atoms with Gasteiger partial charge >= 0.3 is 0 Å². The largest absolute Gasteiger partial charge is 0.354 e. The first-order chi connectivity index (χ1) is 9.47. The Hall–Kier alpha value is -0.610. The number of piperidine rings is 1. The summed E-state index contributed by atoms with van der Waals surface area (Å²) >= 11 is 3.54. The highest BCUT2D eigenvalue weighted by Crippen LogP contribution is 2.30. The van der Waals surface area contributed by atoms with Gasteiger partial charge in [0, 0.05) is 41.4 Å². The zero-order valence-corrected chi connectivity index (χ0v) is 14.6. The molecule has 112 valence electrons. The molecule has 1 fully saturated rings. The van der Waals surface area contributed by atoms with Gasteiger partial charge in [-0.05, 0) is 47.7 Å². The molecule has 0 aliphatic carbocycles. The lowest BCUT2D eigenvalue weighted by molar-refractivity contribution is 0.375. The summed E-state index contributed by atoms with van der Waals surface area (Å²) in [6.45, 7) is 11.0. The Balaban J connectivity index is 2.21. The summed E-state index contributed by atoms with van der Waals surface area (Å²) in [4.78, 5) is 7.17. The minimum Gasteiger partial charge on any atom is -0.354 e. The summed E-state index contributed by atoms with van der Waals surface area (Å²) in [6.07, 6.45) is 4.44. The molecule has 2 atom stereocenters. The van der Waals surface area contributed by atoms with Crippen molar-refractivity contribution in [2.45, 2.75) is 59.2 Å². The summed E-state index contributed by atoms with van der Waals surface area (Å²) < 4.78 is 1.06. The van der Waals surface area contributed by atoms with E-state index in [-0.39, 0.29) is 0 Å². The number of nitrogens with one attached hydrogen (secondary N) is 1. The molecule has 0 bridgehead atoms. The lowest BCUT2D eigenvalue weighted by Gasteiger charge is -2.38. The van der Waals surface area contributed by atoms with E-state index >= 15 is 0 Å². The van der Waals surface area contributed by atoms with Crippen LogP contribution in [0.3, 0.4) is 0 Å². The molecule has 0 saturated carbocycles. The normalized spacial score (nSPS) is 23.4. The fraction of sp³-hybridized carbons (Fsp3) is 0.688. The maximum Gasteiger partial charge on any atom is 0.133 e. The minimum absolute atomic E-state index is 0.487. The second-order valence-electron chi connectivity index (χ2n) is 6.34. The Kier molecular flexibility index (Phi) is 5.44. The van der Waals surface area contributed by atoms with Gasteiger partial charge in [0.15, 0.2) is 0 Å². The standard InChI is InChI=1S/C16H26BrN3/c1-11(2)18-9-14-8-15(17)10-19-16(14)20-6-5-12(3)7-13(20)4/h8,10-13,18H,5-7,9H2,1-4H3. The van der Waals surface area contributed by atoms with E-state index in [9.17, 15) is 0 Å². The molecule has 2 unspecified atom stereocenters. The number of pyridine rings is 1. The zero-order valence-electron chi connectivity index (χ0n) is 13.0. The molecule has 0 spiro atoms. The number of aromatic nitrogens is 1. The van der Waals surface area contributed by atoms with Crippen molar-refractivity contribution in [3.05, 3.63) is 22.3 Å². The van der Waals surface area contributed by atoms with Gasteiger partial charge in [-0.25, -0.2) is 4.98 Å². The van der Waals surface area contributed by atoms with Crippen LogP contribution in [0.15, 0.2) is 16.7 Å². The van der Waals surface area contributed by atoms with Gasteiger partial charge in [0.2, 0.25) is 0 Å². The number of hydrogen-bond acceptors (Lipinski definition) is 3. The van der Waals surface area contributed by atoms with E-state index in [1.54, 1.807) is 0 Å². The fourth-order valence-electron chi connectivity index (χ4n) is 2.90. The molecule has 0 aromatic carbocycles. The Bertz CT molecular complexity index is 447. The number of hydrogen-bond donors (Lipinski definition) is 1. The van der Waals surface area contributed by atoms with Crippen LogP contribution in [-0.2, 0) is 6.54 Å². The molecule has 0 radical (unpaired) electrons. The van der Waals surface area contributed by atoms with Crippen molar-refractivity contribution in [1.82, 2.24) is 10.3 Å². The van der Waals surface area contributed by atoms with E-state index in [0.717, 1.165) is 29.3 Å². The highest BCUT2D eigenvalue weighted by molar-refractivity contribution is 9.10. The van der Waals surface area contributed by atoms with E-state index < -0.39 is 0 Å². The lowest BCUT2D eigenvalue weighted by Crippen LogP contribution is -2.41. The van der Waals surface area contributed by atoms with Gasteiger partial charge in [-0.3, -0.25) is 0 Å². The van der Waals surface area contributed by atoms with Gasteiger partial charge in [-0.2, -0.15) is 0 Å². The lowest BCUT2D eigenvalue weighted by atomic mass is 9.93. The van der Waals surface area contributed by atoms with E-state index in [2.05, 4.69) is 59.9 Å². The fourth-order valence-corrected chi connectivity index (χ4v) is 3.28. The molecule has 1 N–H and O–H groups in total. The molecule has 2 rings (SSSR count). The average Bonchev–Trinajstić information content (AvgIpc) is 2.37. The Morgan fingerprint density at radius 2 is 2.20 bits per heavy atom. The highest BCUT2D eigenvalue weighted by Gasteiger charge is 2.25. The van der Waals surface area contributed by atoms with Crippen LogP contribution in [-0.4, -0.2) is 23.6 Å². The van der Waals surface area contributed by atoms with Crippen LogP contribution in [0.5, 0.6) is 0 Å². The van der Waals surface area contributed by atoms with E-state index in [1.807, 2.05) is 6.20 Å². The van der Waals surface area contributed by atoms with Crippen molar-refractivity contribution in [3.8, 4) is 0 Å². The first-order valence-corrected chi connectivity index (χ1v) is 8.41. The quantitative estimate of drug-likeness (QED) is 0.899. The van der Waals surface area contributed by atoms with Crippen LogP contribution >= 0.6 is 15.9 Å². The zero-order chi connectivity index (χ0) is 14.7. The predicted octanol–water partition coefficient (Wildman–Crippen LogP) is 3.97. The van der Waals surface area contributed by atoms with Crippen molar-refractivity contribution in [2.24, 2.45) is 5.92 Å². The number of nitrogens with zero attached hydrogens (tertiary/aromatic N) is 2. The Morgan fingerprint density at radius 3 is 2.85 bits per heavy atom. The maximum absolute atomic E-state index is 4.69. The molecule has 2 heterocycles. The van der Waals surface area contributed by atoms with Crippen molar-refractivity contribution in [2.75, 3.05) is 11.4 Å². The van der Waals surface area contributed by atoms with Crippen molar-refractivity contribution >= 4 is 21.7 Å². The van der Waals surface area contributed by atoms with Crippen molar-refractivity contribution < 1.29 is 0 Å². The molecule has 0 amide bonds. The smallest absolute Gasteiger partial charge is 0.133 e.